The molecule has 17 heavy (non-hydrogen) atoms. The average Bonchev–Trinajstić information content (AvgIpc) is 2.26. The van der Waals surface area contributed by atoms with Crippen LogP contribution in [0.1, 0.15) is 19.4 Å². The van der Waals surface area contributed by atoms with E-state index in [1.165, 1.54) is 7.11 Å². The molecule has 0 saturated carbocycles. The zero-order valence-electron chi connectivity index (χ0n) is 10.7. The lowest BCUT2D eigenvalue weighted by Crippen LogP contribution is -2.32. The Kier molecular flexibility index (Phi) is 3.99. The van der Waals surface area contributed by atoms with E-state index in [4.69, 9.17) is 15.2 Å². The number of carbonyl (C=O) groups is 1. The molecule has 0 fully saturated rings. The SMILES string of the molecule is COC(=O)C(C)(C)COc1ccc(N)cc1C. The first-order chi connectivity index (χ1) is 7.86. The van der Waals surface area contributed by atoms with Crippen molar-refractivity contribution in [3.05, 3.63) is 23.8 Å². The van der Waals surface area contributed by atoms with E-state index in [1.54, 1.807) is 26.0 Å². The Morgan fingerprint density at radius 3 is 2.59 bits per heavy atom. The van der Waals surface area contributed by atoms with Gasteiger partial charge >= 0.3 is 5.97 Å². The van der Waals surface area contributed by atoms with E-state index in [-0.39, 0.29) is 12.6 Å². The molecule has 1 aromatic rings. The number of ether oxygens (including phenoxy) is 2. The summed E-state index contributed by atoms with van der Waals surface area (Å²) in [5.74, 6) is 0.446. The Morgan fingerprint density at radius 1 is 1.41 bits per heavy atom. The monoisotopic (exact) mass is 237 g/mol. The van der Waals surface area contributed by atoms with E-state index >= 15 is 0 Å². The molecule has 4 heteroatoms. The minimum absolute atomic E-state index is 0.268. The number of rotatable bonds is 4. The van der Waals surface area contributed by atoms with Crippen molar-refractivity contribution >= 4 is 11.7 Å². The molecule has 0 atom stereocenters. The minimum Gasteiger partial charge on any atom is -0.492 e. The van der Waals surface area contributed by atoms with Crippen LogP contribution in [-0.4, -0.2) is 19.7 Å². The van der Waals surface area contributed by atoms with Crippen molar-refractivity contribution in [3.63, 3.8) is 0 Å². The molecule has 0 saturated heterocycles. The molecule has 2 N–H and O–H groups in total. The van der Waals surface area contributed by atoms with Crippen molar-refractivity contribution in [1.29, 1.82) is 0 Å². The third-order valence-electron chi connectivity index (χ3n) is 2.53. The maximum atomic E-state index is 11.5. The largest absolute Gasteiger partial charge is 0.492 e. The number of aryl methyl sites for hydroxylation is 1. The van der Waals surface area contributed by atoms with Gasteiger partial charge in [0.05, 0.1) is 12.5 Å². The van der Waals surface area contributed by atoms with Crippen LogP contribution in [0.2, 0.25) is 0 Å². The Morgan fingerprint density at radius 2 is 2.06 bits per heavy atom. The summed E-state index contributed by atoms with van der Waals surface area (Å²) in [7, 11) is 1.37. The van der Waals surface area contributed by atoms with Crippen molar-refractivity contribution in [2.45, 2.75) is 20.8 Å². The van der Waals surface area contributed by atoms with Crippen LogP contribution in [0.5, 0.6) is 5.75 Å². The second-order valence-electron chi connectivity index (χ2n) is 4.69. The molecule has 0 aliphatic heterocycles. The Hall–Kier alpha value is -1.71. The second-order valence-corrected chi connectivity index (χ2v) is 4.69. The van der Waals surface area contributed by atoms with Crippen LogP contribution in [0.4, 0.5) is 5.69 Å². The lowest BCUT2D eigenvalue weighted by atomic mass is 9.95. The van der Waals surface area contributed by atoms with Gasteiger partial charge in [0.25, 0.3) is 0 Å². The molecule has 1 aromatic carbocycles. The summed E-state index contributed by atoms with van der Waals surface area (Å²) in [5, 5.41) is 0. The first kappa shape index (κ1) is 13.4. The van der Waals surface area contributed by atoms with Gasteiger partial charge in [0, 0.05) is 5.69 Å². The number of benzene rings is 1. The van der Waals surface area contributed by atoms with E-state index in [0.29, 0.717) is 5.69 Å². The second kappa shape index (κ2) is 5.08. The minimum atomic E-state index is -0.664. The summed E-state index contributed by atoms with van der Waals surface area (Å²) < 4.78 is 10.3. The van der Waals surface area contributed by atoms with Gasteiger partial charge in [-0.25, -0.2) is 0 Å². The van der Waals surface area contributed by atoms with E-state index in [9.17, 15) is 4.79 Å². The van der Waals surface area contributed by atoms with Crippen LogP contribution in [-0.2, 0) is 9.53 Å². The van der Waals surface area contributed by atoms with E-state index in [1.807, 2.05) is 13.0 Å². The zero-order chi connectivity index (χ0) is 13.1. The lowest BCUT2D eigenvalue weighted by Gasteiger charge is -2.22. The van der Waals surface area contributed by atoms with Crippen molar-refractivity contribution in [2.75, 3.05) is 19.5 Å². The fourth-order valence-corrected chi connectivity index (χ4v) is 1.43. The molecular weight excluding hydrogens is 218 g/mol. The molecular formula is C13H19NO3. The topological polar surface area (TPSA) is 61.5 Å². The van der Waals surface area contributed by atoms with Crippen LogP contribution in [0, 0.1) is 12.3 Å². The first-order valence-electron chi connectivity index (χ1n) is 5.44. The molecule has 0 spiro atoms. The first-order valence-corrected chi connectivity index (χ1v) is 5.44. The highest BCUT2D eigenvalue weighted by molar-refractivity contribution is 5.75. The van der Waals surface area contributed by atoms with Gasteiger partial charge in [-0.1, -0.05) is 0 Å². The number of nitrogens with two attached hydrogens (primary N) is 1. The normalized spacial score (nSPS) is 11.1. The molecule has 0 radical (unpaired) electrons. The molecule has 1 rings (SSSR count). The Labute approximate surface area is 102 Å². The van der Waals surface area contributed by atoms with Crippen LogP contribution < -0.4 is 10.5 Å². The molecule has 0 aromatic heterocycles. The number of hydrogen-bond acceptors (Lipinski definition) is 4. The van der Waals surface area contributed by atoms with E-state index in [2.05, 4.69) is 0 Å². The van der Waals surface area contributed by atoms with Gasteiger partial charge in [0.2, 0.25) is 0 Å². The van der Waals surface area contributed by atoms with Gasteiger partial charge in [-0.05, 0) is 44.5 Å². The quantitative estimate of drug-likeness (QED) is 0.644. The van der Waals surface area contributed by atoms with Gasteiger partial charge in [-0.3, -0.25) is 4.79 Å². The fourth-order valence-electron chi connectivity index (χ4n) is 1.43. The number of carbonyl (C=O) groups excluding carboxylic acids is 1. The summed E-state index contributed by atoms with van der Waals surface area (Å²) in [6.45, 7) is 5.75. The summed E-state index contributed by atoms with van der Waals surface area (Å²) in [4.78, 5) is 11.5. The van der Waals surface area contributed by atoms with Gasteiger partial charge in [0.1, 0.15) is 12.4 Å². The van der Waals surface area contributed by atoms with Gasteiger partial charge < -0.3 is 15.2 Å². The van der Waals surface area contributed by atoms with Gasteiger partial charge in [-0.2, -0.15) is 0 Å². The van der Waals surface area contributed by atoms with E-state index in [0.717, 1.165) is 11.3 Å². The van der Waals surface area contributed by atoms with Crippen LogP contribution in [0.3, 0.4) is 0 Å². The summed E-state index contributed by atoms with van der Waals surface area (Å²) in [5.41, 5.74) is 6.63. The Balaban J connectivity index is 2.70. The highest BCUT2D eigenvalue weighted by Crippen LogP contribution is 2.24. The molecule has 0 aliphatic rings. The third-order valence-corrected chi connectivity index (χ3v) is 2.53. The molecule has 94 valence electrons. The predicted molar refractivity (Wildman–Crippen MR) is 66.9 cm³/mol. The van der Waals surface area contributed by atoms with Crippen molar-refractivity contribution in [2.24, 2.45) is 5.41 Å². The molecule has 0 aliphatic carbocycles. The maximum Gasteiger partial charge on any atom is 0.314 e. The number of methoxy groups -OCH3 is 1. The summed E-state index contributed by atoms with van der Waals surface area (Å²) >= 11 is 0. The maximum absolute atomic E-state index is 11.5. The average molecular weight is 237 g/mol. The molecule has 0 bridgehead atoms. The van der Waals surface area contributed by atoms with Crippen molar-refractivity contribution in [1.82, 2.24) is 0 Å². The number of nitrogen functional groups attached to an aromatic ring is 1. The summed E-state index contributed by atoms with van der Waals surface area (Å²) in [6.07, 6.45) is 0. The highest BCUT2D eigenvalue weighted by Gasteiger charge is 2.29. The Bertz CT molecular complexity index is 413. The van der Waals surface area contributed by atoms with E-state index < -0.39 is 5.41 Å². The molecule has 0 unspecified atom stereocenters. The smallest absolute Gasteiger partial charge is 0.314 e. The van der Waals surface area contributed by atoms with Crippen LogP contribution in [0.25, 0.3) is 0 Å². The van der Waals surface area contributed by atoms with Crippen LogP contribution >= 0.6 is 0 Å². The fraction of sp³-hybridized carbons (Fsp3) is 0.462. The number of hydrogen-bond donors (Lipinski definition) is 1. The molecule has 0 heterocycles. The lowest BCUT2D eigenvalue weighted by molar-refractivity contribution is -0.152. The van der Waals surface area contributed by atoms with Crippen molar-refractivity contribution < 1.29 is 14.3 Å². The zero-order valence-corrected chi connectivity index (χ0v) is 10.7. The standard InChI is InChI=1S/C13H19NO3/c1-9-7-10(14)5-6-11(9)17-8-13(2,3)12(15)16-4/h5-7H,8,14H2,1-4H3. The van der Waals surface area contributed by atoms with Crippen molar-refractivity contribution in [3.8, 4) is 5.75 Å². The molecule has 4 nitrogen and oxygen atoms in total. The van der Waals surface area contributed by atoms with Gasteiger partial charge in [0.15, 0.2) is 0 Å². The number of anilines is 1. The highest BCUT2D eigenvalue weighted by atomic mass is 16.5. The third kappa shape index (κ3) is 3.37. The van der Waals surface area contributed by atoms with Gasteiger partial charge in [-0.15, -0.1) is 0 Å². The predicted octanol–water partition coefficient (Wildman–Crippen LogP) is 2.16. The van der Waals surface area contributed by atoms with Crippen LogP contribution in [0.15, 0.2) is 18.2 Å². The summed E-state index contributed by atoms with van der Waals surface area (Å²) in [6, 6.07) is 5.41. The number of esters is 1. The molecule has 0 amide bonds.